The molecule has 0 amide bonds. The molecule has 0 spiro atoms. The van der Waals surface area contributed by atoms with Crippen molar-refractivity contribution in [3.63, 3.8) is 0 Å². The lowest BCUT2D eigenvalue weighted by Gasteiger charge is -2.07. The fraction of sp³-hybridized carbons (Fsp3) is 0.200. The van der Waals surface area contributed by atoms with Gasteiger partial charge in [0.05, 0.1) is 21.5 Å². The molecule has 26 heavy (non-hydrogen) atoms. The van der Waals surface area contributed by atoms with Crippen LogP contribution >= 0.6 is 23.2 Å². The smallest absolute Gasteiger partial charge is 0.314 e. The number of esters is 1. The zero-order valence-electron chi connectivity index (χ0n) is 13.8. The predicted octanol–water partition coefficient (Wildman–Crippen LogP) is 5.23. The van der Waals surface area contributed by atoms with Crippen LogP contribution in [0.25, 0.3) is 6.08 Å². The Labute approximate surface area is 160 Å². The highest BCUT2D eigenvalue weighted by Crippen LogP contribution is 2.39. The van der Waals surface area contributed by atoms with Gasteiger partial charge >= 0.3 is 5.97 Å². The van der Waals surface area contributed by atoms with Crippen molar-refractivity contribution in [1.29, 1.82) is 0 Å². The van der Waals surface area contributed by atoms with Crippen molar-refractivity contribution in [2.24, 2.45) is 5.92 Å². The molecule has 132 valence electrons. The fourth-order valence-corrected chi connectivity index (χ4v) is 3.11. The van der Waals surface area contributed by atoms with Gasteiger partial charge in [-0.25, -0.2) is 0 Å². The molecule has 1 saturated carbocycles. The summed E-state index contributed by atoms with van der Waals surface area (Å²) in [7, 11) is 0. The summed E-state index contributed by atoms with van der Waals surface area (Å²) >= 11 is 11.9. The van der Waals surface area contributed by atoms with E-state index in [9.17, 15) is 9.59 Å². The lowest BCUT2D eigenvalue weighted by Crippen LogP contribution is -2.10. The summed E-state index contributed by atoms with van der Waals surface area (Å²) in [5.41, 5.74) is 1.87. The van der Waals surface area contributed by atoms with Crippen LogP contribution in [0.4, 0.5) is 0 Å². The predicted molar refractivity (Wildman–Crippen MR) is 98.9 cm³/mol. The molecule has 4 nitrogen and oxygen atoms in total. The minimum atomic E-state index is -0.236. The maximum atomic E-state index is 12.7. The van der Waals surface area contributed by atoms with Crippen LogP contribution in [0.3, 0.4) is 0 Å². The topological polar surface area (TPSA) is 52.6 Å². The Bertz CT molecular complexity index is 974. The molecule has 0 saturated heterocycles. The standard InChI is InChI=1S/C20H14Cl2O4/c1-10-6-13(25-20(24)12-3-4-12)9-16-18(10)19(23)17(26-16)8-11-2-5-14(21)15(22)7-11/h2,5-9,12H,3-4H2,1H3/b17-8-. The number of hydrogen-bond acceptors (Lipinski definition) is 4. The molecular weight excluding hydrogens is 375 g/mol. The van der Waals surface area contributed by atoms with Gasteiger partial charge in [0, 0.05) is 6.07 Å². The molecule has 1 heterocycles. The largest absolute Gasteiger partial charge is 0.452 e. The molecular formula is C20H14Cl2O4. The van der Waals surface area contributed by atoms with Gasteiger partial charge in [-0.1, -0.05) is 29.3 Å². The fourth-order valence-electron chi connectivity index (χ4n) is 2.81. The lowest BCUT2D eigenvalue weighted by molar-refractivity contribution is -0.135. The van der Waals surface area contributed by atoms with E-state index < -0.39 is 0 Å². The minimum Gasteiger partial charge on any atom is -0.452 e. The second-order valence-corrected chi connectivity index (χ2v) is 7.24. The third-order valence-corrected chi connectivity index (χ3v) is 5.05. The van der Waals surface area contributed by atoms with Crippen molar-refractivity contribution in [3.8, 4) is 11.5 Å². The van der Waals surface area contributed by atoms with Crippen molar-refractivity contribution < 1.29 is 19.1 Å². The number of benzene rings is 2. The number of carbonyl (C=O) groups is 2. The summed E-state index contributed by atoms with van der Waals surface area (Å²) in [4.78, 5) is 24.5. The van der Waals surface area contributed by atoms with Crippen LogP contribution in [0, 0.1) is 12.8 Å². The average molecular weight is 389 g/mol. The molecule has 1 aliphatic carbocycles. The van der Waals surface area contributed by atoms with Gasteiger partial charge in [0.2, 0.25) is 5.78 Å². The first-order valence-corrected chi connectivity index (χ1v) is 8.93. The van der Waals surface area contributed by atoms with Crippen molar-refractivity contribution in [2.75, 3.05) is 0 Å². The van der Waals surface area contributed by atoms with Crippen LogP contribution in [0.2, 0.25) is 10.0 Å². The lowest BCUT2D eigenvalue weighted by atomic mass is 10.0. The van der Waals surface area contributed by atoms with E-state index in [1.165, 1.54) is 0 Å². The zero-order valence-corrected chi connectivity index (χ0v) is 15.4. The van der Waals surface area contributed by atoms with Gasteiger partial charge in [-0.05, 0) is 55.2 Å². The third-order valence-electron chi connectivity index (χ3n) is 4.31. The van der Waals surface area contributed by atoms with Crippen LogP contribution in [-0.2, 0) is 4.79 Å². The first kappa shape index (κ1) is 17.1. The molecule has 4 rings (SSSR count). The molecule has 2 aromatic rings. The molecule has 2 aliphatic rings. The molecule has 1 fully saturated rings. The summed E-state index contributed by atoms with van der Waals surface area (Å²) in [6.45, 7) is 1.79. The molecule has 0 bridgehead atoms. The summed E-state index contributed by atoms with van der Waals surface area (Å²) in [6, 6.07) is 8.32. The number of ether oxygens (including phenoxy) is 2. The zero-order chi connectivity index (χ0) is 18.4. The van der Waals surface area contributed by atoms with Gasteiger partial charge in [-0.2, -0.15) is 0 Å². The van der Waals surface area contributed by atoms with Gasteiger partial charge < -0.3 is 9.47 Å². The summed E-state index contributed by atoms with van der Waals surface area (Å²) in [6.07, 6.45) is 3.35. The molecule has 0 atom stereocenters. The van der Waals surface area contributed by atoms with Crippen molar-refractivity contribution in [1.82, 2.24) is 0 Å². The maximum Gasteiger partial charge on any atom is 0.314 e. The Morgan fingerprint density at radius 3 is 2.65 bits per heavy atom. The van der Waals surface area contributed by atoms with E-state index in [4.69, 9.17) is 32.7 Å². The van der Waals surface area contributed by atoms with Crippen molar-refractivity contribution in [2.45, 2.75) is 19.8 Å². The highest BCUT2D eigenvalue weighted by Gasteiger charge is 2.33. The van der Waals surface area contributed by atoms with Gasteiger partial charge in [0.15, 0.2) is 5.76 Å². The Morgan fingerprint density at radius 2 is 1.96 bits per heavy atom. The first-order chi connectivity index (χ1) is 12.4. The number of allylic oxidation sites excluding steroid dienone is 1. The Morgan fingerprint density at radius 1 is 1.19 bits per heavy atom. The van der Waals surface area contributed by atoms with E-state index >= 15 is 0 Å². The molecule has 2 aromatic carbocycles. The number of Topliss-reactive ketones (excluding diaryl/α,β-unsaturated/α-hetero) is 1. The van der Waals surface area contributed by atoms with E-state index in [-0.39, 0.29) is 23.4 Å². The Balaban J connectivity index is 1.63. The van der Waals surface area contributed by atoms with Gasteiger partial charge in [-0.15, -0.1) is 0 Å². The van der Waals surface area contributed by atoms with Crippen LogP contribution in [0.15, 0.2) is 36.1 Å². The maximum absolute atomic E-state index is 12.7. The van der Waals surface area contributed by atoms with Crippen LogP contribution in [0.5, 0.6) is 11.5 Å². The minimum absolute atomic E-state index is 0.00350. The van der Waals surface area contributed by atoms with E-state index in [1.54, 1.807) is 43.3 Å². The van der Waals surface area contributed by atoms with Gasteiger partial charge in [0.25, 0.3) is 0 Å². The number of rotatable bonds is 3. The second kappa shape index (κ2) is 6.45. The number of aryl methyl sites for hydroxylation is 1. The molecule has 0 N–H and O–H groups in total. The van der Waals surface area contributed by atoms with Gasteiger partial charge in [-0.3, -0.25) is 9.59 Å². The van der Waals surface area contributed by atoms with Crippen LogP contribution in [-0.4, -0.2) is 11.8 Å². The van der Waals surface area contributed by atoms with E-state index in [1.807, 2.05) is 0 Å². The number of hydrogen-bond donors (Lipinski definition) is 0. The van der Waals surface area contributed by atoms with Crippen molar-refractivity contribution in [3.05, 3.63) is 62.8 Å². The molecule has 0 radical (unpaired) electrons. The Kier molecular flexibility index (Phi) is 4.25. The van der Waals surface area contributed by atoms with E-state index in [2.05, 4.69) is 0 Å². The number of ketones is 1. The Hall–Kier alpha value is -2.30. The summed E-state index contributed by atoms with van der Waals surface area (Å²) < 4.78 is 11.1. The SMILES string of the molecule is Cc1cc(OC(=O)C2CC2)cc2c1C(=O)/C(=C/c1ccc(Cl)c(Cl)c1)O2. The van der Waals surface area contributed by atoms with E-state index in [0.29, 0.717) is 38.2 Å². The molecule has 0 unspecified atom stereocenters. The number of fused-ring (bicyclic) bond motifs is 1. The van der Waals surface area contributed by atoms with E-state index in [0.717, 1.165) is 12.8 Å². The first-order valence-electron chi connectivity index (χ1n) is 8.18. The molecule has 6 heteroatoms. The van der Waals surface area contributed by atoms with Crippen molar-refractivity contribution >= 4 is 41.0 Å². The second-order valence-electron chi connectivity index (χ2n) is 6.42. The monoisotopic (exact) mass is 388 g/mol. The average Bonchev–Trinajstić information content (AvgIpc) is 3.37. The molecule has 1 aliphatic heterocycles. The number of halogens is 2. The third kappa shape index (κ3) is 3.22. The highest BCUT2D eigenvalue weighted by atomic mass is 35.5. The van der Waals surface area contributed by atoms with Crippen LogP contribution < -0.4 is 9.47 Å². The quantitative estimate of drug-likeness (QED) is 0.410. The molecule has 0 aromatic heterocycles. The van der Waals surface area contributed by atoms with Crippen LogP contribution in [0.1, 0.15) is 34.3 Å². The highest BCUT2D eigenvalue weighted by molar-refractivity contribution is 6.42. The summed E-state index contributed by atoms with van der Waals surface area (Å²) in [5, 5.41) is 0.836. The normalized spacial score (nSPS) is 17.2. The summed E-state index contributed by atoms with van der Waals surface area (Å²) in [5.74, 6) is 0.508. The van der Waals surface area contributed by atoms with Gasteiger partial charge in [0.1, 0.15) is 11.5 Å². The number of carbonyl (C=O) groups excluding carboxylic acids is 2.